The Morgan fingerprint density at radius 3 is 2.71 bits per heavy atom. The molecule has 28 heavy (non-hydrogen) atoms. The van der Waals surface area contributed by atoms with Gasteiger partial charge in [-0.15, -0.1) is 0 Å². The minimum Gasteiger partial charge on any atom is -0.472 e. The molecule has 10 heteroatoms. The molecular weight excluding hydrogens is 388 g/mol. The number of amides is 2. The lowest BCUT2D eigenvalue weighted by Crippen LogP contribution is -2.54. The minimum absolute atomic E-state index is 0.0681. The molecule has 1 aromatic carbocycles. The lowest BCUT2D eigenvalue weighted by Gasteiger charge is -2.35. The first-order chi connectivity index (χ1) is 13.1. The maximum Gasteiger partial charge on any atom is 0.366 e. The van der Waals surface area contributed by atoms with E-state index < -0.39 is 28.2 Å². The van der Waals surface area contributed by atoms with Gasteiger partial charge in [-0.2, -0.15) is 0 Å². The molecule has 0 bridgehead atoms. The van der Waals surface area contributed by atoms with Crippen LogP contribution < -0.4 is 15.0 Å². The quantitative estimate of drug-likeness (QED) is 0.618. The molecule has 0 spiro atoms. The van der Waals surface area contributed by atoms with E-state index >= 15 is 0 Å². The Hall–Kier alpha value is -3.20. The number of carbonyl (C=O) groups excluding carboxylic acids is 2. The van der Waals surface area contributed by atoms with Crippen LogP contribution in [0.4, 0.5) is 17.3 Å². The van der Waals surface area contributed by atoms with E-state index in [2.05, 4.69) is 10.3 Å². The van der Waals surface area contributed by atoms with Gasteiger partial charge in [0, 0.05) is 16.8 Å². The average molecular weight is 405 g/mol. The second-order valence-electron chi connectivity index (χ2n) is 6.76. The van der Waals surface area contributed by atoms with Crippen LogP contribution in [0.25, 0.3) is 0 Å². The number of nitrogens with one attached hydrogen (secondary N) is 1. The predicted octanol–water partition coefficient (Wildman–Crippen LogP) is 3.09. The molecular formula is C18H17ClN4O5. The summed E-state index contributed by atoms with van der Waals surface area (Å²) in [6.45, 7) is 4.50. The molecule has 1 aliphatic heterocycles. The standard InChI is InChI=1S/C18H17ClN4O5/c1-10-8-11(19)4-5-12(10)20-15(24)9-22-16-13(28-18(2,3)17(22)25)6-7-14(21-16)23(26)27/h4-8H,9H2,1-3H3,(H,20,24). The molecule has 0 radical (unpaired) electrons. The van der Waals surface area contributed by atoms with Crippen LogP contribution in [0.15, 0.2) is 30.3 Å². The Morgan fingerprint density at radius 1 is 1.36 bits per heavy atom. The highest BCUT2D eigenvalue weighted by molar-refractivity contribution is 6.30. The lowest BCUT2D eigenvalue weighted by molar-refractivity contribution is -0.389. The van der Waals surface area contributed by atoms with Gasteiger partial charge in [-0.1, -0.05) is 11.6 Å². The van der Waals surface area contributed by atoms with Crippen LogP contribution in [-0.2, 0) is 9.59 Å². The number of halogens is 1. The number of pyridine rings is 1. The van der Waals surface area contributed by atoms with E-state index in [0.29, 0.717) is 10.7 Å². The second kappa shape index (κ2) is 7.08. The van der Waals surface area contributed by atoms with Gasteiger partial charge in [-0.3, -0.25) is 14.5 Å². The Labute approximate surface area is 165 Å². The van der Waals surface area contributed by atoms with Gasteiger partial charge in [-0.25, -0.2) is 0 Å². The number of hydrogen-bond donors (Lipinski definition) is 1. The zero-order valence-electron chi connectivity index (χ0n) is 15.4. The van der Waals surface area contributed by atoms with Crippen molar-refractivity contribution in [1.82, 2.24) is 4.98 Å². The molecule has 2 heterocycles. The van der Waals surface area contributed by atoms with Crippen LogP contribution in [0.5, 0.6) is 5.75 Å². The van der Waals surface area contributed by atoms with Crippen LogP contribution in [0.2, 0.25) is 5.02 Å². The zero-order valence-corrected chi connectivity index (χ0v) is 16.1. The molecule has 146 valence electrons. The van der Waals surface area contributed by atoms with Crippen LogP contribution >= 0.6 is 11.6 Å². The summed E-state index contributed by atoms with van der Waals surface area (Å²) in [5, 5.41) is 14.3. The van der Waals surface area contributed by atoms with E-state index in [1.165, 1.54) is 12.1 Å². The van der Waals surface area contributed by atoms with Crippen molar-refractivity contribution in [3.05, 3.63) is 51.0 Å². The SMILES string of the molecule is Cc1cc(Cl)ccc1NC(=O)CN1C(=O)C(C)(C)Oc2ccc([N+](=O)[O-])nc21. The van der Waals surface area contributed by atoms with E-state index in [9.17, 15) is 19.7 Å². The molecule has 9 nitrogen and oxygen atoms in total. The van der Waals surface area contributed by atoms with Crippen molar-refractivity contribution in [3.63, 3.8) is 0 Å². The number of nitrogens with zero attached hydrogens (tertiary/aromatic N) is 3. The molecule has 0 aliphatic carbocycles. The smallest absolute Gasteiger partial charge is 0.366 e. The van der Waals surface area contributed by atoms with Crippen LogP contribution in [0, 0.1) is 17.0 Å². The molecule has 1 aliphatic rings. The first-order valence-electron chi connectivity index (χ1n) is 8.31. The summed E-state index contributed by atoms with van der Waals surface area (Å²) >= 11 is 5.91. The number of fused-ring (bicyclic) bond motifs is 1. The Bertz CT molecular complexity index is 992. The molecule has 0 unspecified atom stereocenters. The van der Waals surface area contributed by atoms with Gasteiger partial charge in [0.1, 0.15) is 6.54 Å². The van der Waals surface area contributed by atoms with E-state index in [4.69, 9.17) is 16.3 Å². The summed E-state index contributed by atoms with van der Waals surface area (Å²) in [6, 6.07) is 7.52. The molecule has 3 rings (SSSR count). The van der Waals surface area contributed by atoms with Gasteiger partial charge in [0.15, 0.2) is 11.4 Å². The highest BCUT2D eigenvalue weighted by Crippen LogP contribution is 2.37. The van der Waals surface area contributed by atoms with Gasteiger partial charge < -0.3 is 20.2 Å². The van der Waals surface area contributed by atoms with E-state index in [-0.39, 0.29) is 18.1 Å². The summed E-state index contributed by atoms with van der Waals surface area (Å²) in [7, 11) is 0. The molecule has 0 saturated carbocycles. The van der Waals surface area contributed by atoms with E-state index in [1.807, 2.05) is 0 Å². The van der Waals surface area contributed by atoms with Gasteiger partial charge in [-0.05, 0) is 60.5 Å². The van der Waals surface area contributed by atoms with Gasteiger partial charge in [0.25, 0.3) is 11.7 Å². The first kappa shape index (κ1) is 19.6. The van der Waals surface area contributed by atoms with Crippen molar-refractivity contribution in [2.24, 2.45) is 0 Å². The number of ether oxygens (including phenoxy) is 1. The molecule has 2 aromatic rings. The summed E-state index contributed by atoms with van der Waals surface area (Å²) in [5.41, 5.74) is 0.0478. The highest BCUT2D eigenvalue weighted by Gasteiger charge is 2.45. The maximum atomic E-state index is 12.8. The number of hydrogen-bond acceptors (Lipinski definition) is 6. The van der Waals surface area contributed by atoms with Crippen molar-refractivity contribution in [2.75, 3.05) is 16.8 Å². The zero-order chi connectivity index (χ0) is 20.6. The van der Waals surface area contributed by atoms with Crippen molar-refractivity contribution in [3.8, 4) is 5.75 Å². The minimum atomic E-state index is -1.25. The van der Waals surface area contributed by atoms with Crippen molar-refractivity contribution in [1.29, 1.82) is 0 Å². The molecule has 2 amide bonds. The fraction of sp³-hybridized carbons (Fsp3) is 0.278. The predicted molar refractivity (Wildman–Crippen MR) is 103 cm³/mol. The highest BCUT2D eigenvalue weighted by atomic mass is 35.5. The molecule has 1 N–H and O–H groups in total. The first-order valence-corrected chi connectivity index (χ1v) is 8.69. The second-order valence-corrected chi connectivity index (χ2v) is 7.20. The normalized spacial score (nSPS) is 14.9. The molecule has 0 saturated heterocycles. The fourth-order valence-electron chi connectivity index (χ4n) is 2.79. The van der Waals surface area contributed by atoms with Crippen LogP contribution in [-0.4, -0.2) is 33.9 Å². The number of anilines is 2. The van der Waals surface area contributed by atoms with Gasteiger partial charge >= 0.3 is 5.82 Å². The van der Waals surface area contributed by atoms with Crippen LogP contribution in [0.1, 0.15) is 19.4 Å². The van der Waals surface area contributed by atoms with Crippen LogP contribution in [0.3, 0.4) is 0 Å². The molecule has 0 atom stereocenters. The number of aryl methyl sites for hydroxylation is 1. The Balaban J connectivity index is 1.91. The van der Waals surface area contributed by atoms with Crippen molar-refractivity contribution < 1.29 is 19.2 Å². The summed E-state index contributed by atoms with van der Waals surface area (Å²) < 4.78 is 5.61. The van der Waals surface area contributed by atoms with E-state index in [1.54, 1.807) is 39.0 Å². The summed E-state index contributed by atoms with van der Waals surface area (Å²) in [6.07, 6.45) is 0. The molecule has 0 fully saturated rings. The topological polar surface area (TPSA) is 115 Å². The molecule has 1 aromatic heterocycles. The number of benzene rings is 1. The fourth-order valence-corrected chi connectivity index (χ4v) is 3.01. The van der Waals surface area contributed by atoms with Gasteiger partial charge in [0.05, 0.1) is 0 Å². The van der Waals surface area contributed by atoms with Gasteiger partial charge in [0.2, 0.25) is 5.91 Å². The third-order valence-corrected chi connectivity index (χ3v) is 4.39. The third-order valence-electron chi connectivity index (χ3n) is 4.16. The summed E-state index contributed by atoms with van der Waals surface area (Å²) in [4.78, 5) is 40.7. The van der Waals surface area contributed by atoms with Crippen molar-refractivity contribution >= 4 is 40.7 Å². The lowest BCUT2D eigenvalue weighted by atomic mass is 10.1. The maximum absolute atomic E-state index is 12.8. The number of aromatic nitrogens is 1. The number of rotatable bonds is 4. The third kappa shape index (κ3) is 3.74. The summed E-state index contributed by atoms with van der Waals surface area (Å²) in [5.74, 6) is -1.35. The monoisotopic (exact) mass is 404 g/mol. The number of nitro groups is 1. The average Bonchev–Trinajstić information content (AvgIpc) is 2.60. The number of carbonyl (C=O) groups is 2. The van der Waals surface area contributed by atoms with E-state index in [0.717, 1.165) is 10.5 Å². The Kier molecular flexibility index (Phi) is 4.95. The largest absolute Gasteiger partial charge is 0.472 e. The Morgan fingerprint density at radius 2 is 2.07 bits per heavy atom. The van der Waals surface area contributed by atoms with Crippen molar-refractivity contribution in [2.45, 2.75) is 26.4 Å².